The van der Waals surface area contributed by atoms with Gasteiger partial charge < -0.3 is 14.8 Å². The molecule has 0 saturated heterocycles. The molecule has 0 radical (unpaired) electrons. The normalized spacial score (nSPS) is 12.7. The Morgan fingerprint density at radius 3 is 2.45 bits per heavy atom. The van der Waals surface area contributed by atoms with Crippen LogP contribution in [0.4, 0.5) is 8.78 Å². The number of rotatable bonds is 6. The van der Waals surface area contributed by atoms with Crippen LogP contribution in [0.3, 0.4) is 0 Å². The van der Waals surface area contributed by atoms with E-state index in [1.807, 2.05) is 0 Å². The number of carbonyl (C=O) groups excluding carboxylic acids is 1. The number of nitrogens with one attached hydrogen (secondary N) is 1. The van der Waals surface area contributed by atoms with E-state index in [9.17, 15) is 13.6 Å². The van der Waals surface area contributed by atoms with Crippen LogP contribution in [0.15, 0.2) is 18.2 Å². The van der Waals surface area contributed by atoms with Crippen LogP contribution in [-0.2, 0) is 11.2 Å². The molecule has 7 heteroatoms. The average molecular weight is 308 g/mol. The van der Waals surface area contributed by atoms with E-state index in [2.05, 4.69) is 16.9 Å². The van der Waals surface area contributed by atoms with Gasteiger partial charge in [-0.05, 0) is 42.6 Å². The molecule has 1 atom stereocenters. The second-order valence-electron chi connectivity index (χ2n) is 4.27. The van der Waals surface area contributed by atoms with Crippen molar-refractivity contribution in [3.05, 3.63) is 23.8 Å². The molecule has 0 bridgehead atoms. The number of amides is 1. The van der Waals surface area contributed by atoms with Gasteiger partial charge in [-0.3, -0.25) is 4.79 Å². The first-order valence-corrected chi connectivity index (χ1v) is 6.24. The topological polar surface area (TPSA) is 47.6 Å². The molecule has 0 fully saturated rings. The number of halogens is 3. The predicted molar refractivity (Wildman–Crippen MR) is 71.7 cm³/mol. The van der Waals surface area contributed by atoms with Crippen LogP contribution in [0.25, 0.3) is 0 Å². The van der Waals surface area contributed by atoms with Gasteiger partial charge in [0.15, 0.2) is 11.5 Å². The van der Waals surface area contributed by atoms with E-state index in [4.69, 9.17) is 9.47 Å². The van der Waals surface area contributed by atoms with Gasteiger partial charge in [0.25, 0.3) is 0 Å². The molecule has 0 heterocycles. The van der Waals surface area contributed by atoms with E-state index in [0.717, 1.165) is 5.56 Å². The first kappa shape index (κ1) is 16.5. The molecule has 112 valence electrons. The van der Waals surface area contributed by atoms with E-state index >= 15 is 0 Å². The molecule has 4 nitrogen and oxygen atoms in total. The molecule has 1 N–H and O–H groups in total. The lowest BCUT2D eigenvalue weighted by Gasteiger charge is -2.17. The summed E-state index contributed by atoms with van der Waals surface area (Å²) in [6.45, 7) is 1.61. The lowest BCUT2D eigenvalue weighted by atomic mass is 10.1. The Bertz CT molecular complexity index is 477. The minimum atomic E-state index is -3.90. The summed E-state index contributed by atoms with van der Waals surface area (Å²) in [5.41, 5.74) is 0.813. The SMILES string of the molecule is COc1ccc(CC(C)NC(=O)C(F)(F)Cl)cc1OC. The fourth-order valence-electron chi connectivity index (χ4n) is 1.72. The number of hydrogen-bond acceptors (Lipinski definition) is 3. The predicted octanol–water partition coefficient (Wildman–Crippen LogP) is 2.58. The summed E-state index contributed by atoms with van der Waals surface area (Å²) in [5, 5.41) is -1.76. The average Bonchev–Trinajstić information content (AvgIpc) is 2.37. The van der Waals surface area contributed by atoms with Crippen molar-refractivity contribution in [2.45, 2.75) is 24.8 Å². The lowest BCUT2D eigenvalue weighted by Crippen LogP contribution is -2.42. The van der Waals surface area contributed by atoms with E-state index in [-0.39, 0.29) is 0 Å². The molecule has 0 aliphatic rings. The summed E-state index contributed by atoms with van der Waals surface area (Å²) in [6.07, 6.45) is 0.360. The molecule has 0 aliphatic carbocycles. The maximum absolute atomic E-state index is 12.5. The van der Waals surface area contributed by atoms with Crippen molar-refractivity contribution in [3.63, 3.8) is 0 Å². The molecule has 1 amide bonds. The van der Waals surface area contributed by atoms with Gasteiger partial charge in [0, 0.05) is 6.04 Å². The maximum atomic E-state index is 12.5. The molecule has 1 aromatic rings. The third kappa shape index (κ3) is 4.52. The number of hydrogen-bond donors (Lipinski definition) is 1. The molecule has 1 unspecified atom stereocenters. The zero-order valence-electron chi connectivity index (χ0n) is 11.4. The van der Waals surface area contributed by atoms with Crippen molar-refractivity contribution in [2.75, 3.05) is 14.2 Å². The van der Waals surface area contributed by atoms with E-state index < -0.39 is 17.3 Å². The minimum Gasteiger partial charge on any atom is -0.493 e. The number of alkyl halides is 3. The lowest BCUT2D eigenvalue weighted by molar-refractivity contribution is -0.136. The summed E-state index contributed by atoms with van der Waals surface area (Å²) in [4.78, 5) is 11.1. The van der Waals surface area contributed by atoms with Gasteiger partial charge in [-0.1, -0.05) is 6.07 Å². The van der Waals surface area contributed by atoms with Crippen LogP contribution in [0.1, 0.15) is 12.5 Å². The molecular formula is C13H16ClF2NO3. The number of methoxy groups -OCH3 is 2. The molecule has 0 aromatic heterocycles. The molecule has 20 heavy (non-hydrogen) atoms. The van der Waals surface area contributed by atoms with Crippen LogP contribution in [-0.4, -0.2) is 31.6 Å². The quantitative estimate of drug-likeness (QED) is 0.822. The fourth-order valence-corrected chi connectivity index (χ4v) is 1.77. The molecule has 1 rings (SSSR count). The summed E-state index contributed by atoms with van der Waals surface area (Å²) >= 11 is 4.64. The molecule has 0 saturated carbocycles. The van der Waals surface area contributed by atoms with Crippen molar-refractivity contribution in [3.8, 4) is 11.5 Å². The third-order valence-corrected chi connectivity index (χ3v) is 2.80. The summed E-state index contributed by atoms with van der Waals surface area (Å²) in [7, 11) is 3.02. The Balaban J connectivity index is 2.71. The Kier molecular flexibility index (Phi) is 5.56. The summed E-state index contributed by atoms with van der Waals surface area (Å²) < 4.78 is 35.3. The van der Waals surface area contributed by atoms with Crippen molar-refractivity contribution >= 4 is 17.5 Å². The Morgan fingerprint density at radius 1 is 1.35 bits per heavy atom. The van der Waals surface area contributed by atoms with E-state index in [1.165, 1.54) is 14.2 Å². The smallest absolute Gasteiger partial charge is 0.399 e. The van der Waals surface area contributed by atoms with Crippen molar-refractivity contribution in [1.82, 2.24) is 5.32 Å². The maximum Gasteiger partial charge on any atom is 0.399 e. The first-order valence-electron chi connectivity index (χ1n) is 5.86. The summed E-state index contributed by atoms with van der Waals surface area (Å²) in [5.74, 6) is -0.404. The zero-order valence-corrected chi connectivity index (χ0v) is 12.1. The van der Waals surface area contributed by atoms with Crippen LogP contribution in [0, 0.1) is 0 Å². The van der Waals surface area contributed by atoms with Crippen molar-refractivity contribution < 1.29 is 23.0 Å². The van der Waals surface area contributed by atoms with Crippen molar-refractivity contribution in [1.29, 1.82) is 0 Å². The molecule has 0 spiro atoms. The van der Waals surface area contributed by atoms with E-state index in [0.29, 0.717) is 17.9 Å². The van der Waals surface area contributed by atoms with Gasteiger partial charge in [-0.2, -0.15) is 8.78 Å². The highest BCUT2D eigenvalue weighted by Gasteiger charge is 2.36. The standard InChI is InChI=1S/C13H16ClF2NO3/c1-8(17-12(18)13(14,15)16)6-9-4-5-10(19-2)11(7-9)20-3/h4-5,7-8H,6H2,1-3H3,(H,17,18). The highest BCUT2D eigenvalue weighted by molar-refractivity contribution is 6.32. The van der Waals surface area contributed by atoms with Gasteiger partial charge >= 0.3 is 11.3 Å². The fraction of sp³-hybridized carbons (Fsp3) is 0.462. The molecule has 0 aliphatic heterocycles. The number of benzene rings is 1. The molecule has 1 aromatic carbocycles. The third-order valence-electron chi connectivity index (χ3n) is 2.62. The van der Waals surface area contributed by atoms with Gasteiger partial charge in [-0.15, -0.1) is 0 Å². The van der Waals surface area contributed by atoms with Gasteiger partial charge in [-0.25, -0.2) is 0 Å². The number of ether oxygens (including phenoxy) is 2. The van der Waals surface area contributed by atoms with Crippen LogP contribution < -0.4 is 14.8 Å². The zero-order chi connectivity index (χ0) is 15.3. The Morgan fingerprint density at radius 2 is 1.95 bits per heavy atom. The second-order valence-corrected chi connectivity index (χ2v) is 4.74. The first-order chi connectivity index (χ1) is 9.27. The second kappa shape index (κ2) is 6.74. The van der Waals surface area contributed by atoms with Crippen LogP contribution >= 0.6 is 11.6 Å². The Hall–Kier alpha value is -1.56. The Labute approximate surface area is 121 Å². The minimum absolute atomic E-state index is 0.360. The van der Waals surface area contributed by atoms with Gasteiger partial charge in [0.05, 0.1) is 14.2 Å². The number of carbonyl (C=O) groups is 1. The van der Waals surface area contributed by atoms with E-state index in [1.54, 1.807) is 25.1 Å². The largest absolute Gasteiger partial charge is 0.493 e. The monoisotopic (exact) mass is 307 g/mol. The van der Waals surface area contributed by atoms with Crippen molar-refractivity contribution in [2.24, 2.45) is 0 Å². The summed E-state index contributed by atoms with van der Waals surface area (Å²) in [6, 6.07) is 4.70. The van der Waals surface area contributed by atoms with Crippen LogP contribution in [0.5, 0.6) is 11.5 Å². The van der Waals surface area contributed by atoms with Gasteiger partial charge in [0.1, 0.15) is 0 Å². The highest BCUT2D eigenvalue weighted by atomic mass is 35.5. The highest BCUT2D eigenvalue weighted by Crippen LogP contribution is 2.28. The van der Waals surface area contributed by atoms with Crippen LogP contribution in [0.2, 0.25) is 0 Å². The molecular weight excluding hydrogens is 292 g/mol. The van der Waals surface area contributed by atoms with Gasteiger partial charge in [0.2, 0.25) is 0 Å².